The Kier molecular flexibility index (Phi) is 7.66. The summed E-state index contributed by atoms with van der Waals surface area (Å²) in [6.07, 6.45) is 1.20. The Hall–Kier alpha value is -3.33. The van der Waals surface area contributed by atoms with Gasteiger partial charge in [0.25, 0.3) is 5.91 Å². The number of carbonyl (C=O) groups is 2. The average Bonchev–Trinajstić information content (AvgIpc) is 2.80. The van der Waals surface area contributed by atoms with Crippen LogP contribution in [-0.2, 0) is 20.7 Å². The van der Waals surface area contributed by atoms with E-state index in [1.54, 1.807) is 43.0 Å². The summed E-state index contributed by atoms with van der Waals surface area (Å²) < 4.78 is 10.9. The van der Waals surface area contributed by atoms with Crippen LogP contribution in [0.1, 0.15) is 37.8 Å². The van der Waals surface area contributed by atoms with Gasteiger partial charge >= 0.3 is 5.97 Å². The van der Waals surface area contributed by atoms with E-state index in [0.717, 1.165) is 19.3 Å². The molecule has 162 valence electrons. The maximum atomic E-state index is 12.7. The molecule has 0 bridgehead atoms. The van der Waals surface area contributed by atoms with Crippen LogP contribution in [-0.4, -0.2) is 42.1 Å². The SMILES string of the molecule is C[C@H](Oc1ccc(C#N)cc1)C(=O)O[C@@H](C)C(=O)N1CCC(Cc2ccccc2)CC1. The van der Waals surface area contributed by atoms with Gasteiger partial charge in [-0.3, -0.25) is 4.79 Å². The minimum absolute atomic E-state index is 0.169. The number of rotatable bonds is 7. The Balaban J connectivity index is 1.44. The normalized spacial score (nSPS) is 16.1. The maximum absolute atomic E-state index is 12.7. The zero-order valence-corrected chi connectivity index (χ0v) is 18.0. The lowest BCUT2D eigenvalue weighted by Gasteiger charge is -2.33. The topological polar surface area (TPSA) is 79.6 Å². The second kappa shape index (κ2) is 10.6. The Morgan fingerprint density at radius 3 is 2.29 bits per heavy atom. The molecule has 31 heavy (non-hydrogen) atoms. The largest absolute Gasteiger partial charge is 0.479 e. The highest BCUT2D eigenvalue weighted by molar-refractivity contribution is 5.84. The Bertz CT molecular complexity index is 913. The van der Waals surface area contributed by atoms with Gasteiger partial charge in [0.1, 0.15) is 5.75 Å². The van der Waals surface area contributed by atoms with Crippen molar-refractivity contribution in [2.75, 3.05) is 13.1 Å². The van der Waals surface area contributed by atoms with Crippen LogP contribution in [0.15, 0.2) is 54.6 Å². The molecule has 6 nitrogen and oxygen atoms in total. The molecule has 0 spiro atoms. The Morgan fingerprint density at radius 2 is 1.68 bits per heavy atom. The first-order chi connectivity index (χ1) is 15.0. The van der Waals surface area contributed by atoms with Crippen LogP contribution in [0.3, 0.4) is 0 Å². The minimum Gasteiger partial charge on any atom is -0.479 e. The van der Waals surface area contributed by atoms with Crippen molar-refractivity contribution in [2.45, 2.75) is 45.3 Å². The summed E-state index contributed by atoms with van der Waals surface area (Å²) >= 11 is 0. The fourth-order valence-corrected chi connectivity index (χ4v) is 3.74. The van der Waals surface area contributed by atoms with E-state index in [0.29, 0.717) is 30.3 Å². The van der Waals surface area contributed by atoms with E-state index in [1.807, 2.05) is 12.1 Å². The van der Waals surface area contributed by atoms with E-state index in [2.05, 4.69) is 24.3 Å². The fraction of sp³-hybridized carbons (Fsp3) is 0.400. The summed E-state index contributed by atoms with van der Waals surface area (Å²) in [4.78, 5) is 26.9. The number of hydrogen-bond acceptors (Lipinski definition) is 5. The van der Waals surface area contributed by atoms with Gasteiger partial charge in [-0.1, -0.05) is 30.3 Å². The molecule has 1 heterocycles. The van der Waals surface area contributed by atoms with E-state index in [9.17, 15) is 9.59 Å². The number of hydrogen-bond donors (Lipinski definition) is 0. The Morgan fingerprint density at radius 1 is 1.03 bits per heavy atom. The smallest absolute Gasteiger partial charge is 0.347 e. The number of piperidine rings is 1. The highest BCUT2D eigenvalue weighted by Crippen LogP contribution is 2.22. The van der Waals surface area contributed by atoms with Crippen molar-refractivity contribution in [3.8, 4) is 11.8 Å². The highest BCUT2D eigenvalue weighted by Gasteiger charge is 2.29. The zero-order valence-electron chi connectivity index (χ0n) is 18.0. The molecule has 6 heteroatoms. The van der Waals surface area contributed by atoms with Gasteiger partial charge in [0.05, 0.1) is 11.6 Å². The van der Waals surface area contributed by atoms with Gasteiger partial charge in [0.15, 0.2) is 12.2 Å². The van der Waals surface area contributed by atoms with Gasteiger partial charge < -0.3 is 14.4 Å². The van der Waals surface area contributed by atoms with Crippen molar-refractivity contribution in [2.24, 2.45) is 5.92 Å². The summed E-state index contributed by atoms with van der Waals surface area (Å²) in [7, 11) is 0. The predicted octanol–water partition coefficient (Wildman–Crippen LogP) is 3.74. The second-order valence-corrected chi connectivity index (χ2v) is 7.93. The first-order valence-corrected chi connectivity index (χ1v) is 10.7. The van der Waals surface area contributed by atoms with E-state index < -0.39 is 18.2 Å². The van der Waals surface area contributed by atoms with Crippen LogP contribution in [0, 0.1) is 17.2 Å². The molecule has 2 atom stereocenters. The lowest BCUT2D eigenvalue weighted by atomic mass is 9.90. The number of esters is 1. The van der Waals surface area contributed by atoms with Gasteiger partial charge in [-0.05, 0) is 68.9 Å². The first kappa shape index (κ1) is 22.4. The number of amides is 1. The molecule has 0 aliphatic carbocycles. The minimum atomic E-state index is -0.861. The monoisotopic (exact) mass is 420 g/mol. The second-order valence-electron chi connectivity index (χ2n) is 7.93. The maximum Gasteiger partial charge on any atom is 0.347 e. The molecular formula is C25H28N2O4. The number of ether oxygens (including phenoxy) is 2. The van der Waals surface area contributed by atoms with Gasteiger partial charge in [-0.15, -0.1) is 0 Å². The van der Waals surface area contributed by atoms with Crippen molar-refractivity contribution in [3.05, 3.63) is 65.7 Å². The molecule has 1 aliphatic heterocycles. The number of nitrogens with zero attached hydrogens (tertiary/aromatic N) is 2. The van der Waals surface area contributed by atoms with Crippen molar-refractivity contribution < 1.29 is 19.1 Å². The summed E-state index contributed by atoms with van der Waals surface area (Å²) in [5.74, 6) is 0.259. The van der Waals surface area contributed by atoms with Crippen LogP contribution in [0.2, 0.25) is 0 Å². The third kappa shape index (κ3) is 6.32. The van der Waals surface area contributed by atoms with Crippen molar-refractivity contribution >= 4 is 11.9 Å². The van der Waals surface area contributed by atoms with Crippen LogP contribution >= 0.6 is 0 Å². The first-order valence-electron chi connectivity index (χ1n) is 10.7. The van der Waals surface area contributed by atoms with Crippen LogP contribution in [0.25, 0.3) is 0 Å². The molecular weight excluding hydrogens is 392 g/mol. The summed E-state index contributed by atoms with van der Waals surface area (Å²) in [6, 6.07) is 18.9. The van der Waals surface area contributed by atoms with Crippen molar-refractivity contribution in [1.29, 1.82) is 5.26 Å². The van der Waals surface area contributed by atoms with Crippen LogP contribution in [0.4, 0.5) is 0 Å². The standard InChI is InChI=1S/C25H28N2O4/c1-18(31-25(29)19(2)30-23-10-8-22(17-26)9-11-23)24(28)27-14-12-21(13-15-27)16-20-6-4-3-5-7-20/h3-11,18-19,21H,12-16H2,1-2H3/t18-,19-/m0/s1. The molecule has 2 aromatic carbocycles. The van der Waals surface area contributed by atoms with Crippen LogP contribution in [0.5, 0.6) is 5.75 Å². The average molecular weight is 421 g/mol. The van der Waals surface area contributed by atoms with E-state index in [-0.39, 0.29) is 5.91 Å². The molecule has 0 N–H and O–H groups in total. The van der Waals surface area contributed by atoms with Crippen molar-refractivity contribution in [1.82, 2.24) is 4.90 Å². The summed E-state index contributed by atoms with van der Waals surface area (Å²) in [5, 5.41) is 8.84. The molecule has 3 rings (SSSR count). The molecule has 1 aliphatic rings. The lowest BCUT2D eigenvalue weighted by Crippen LogP contribution is -2.45. The predicted molar refractivity (Wildman–Crippen MR) is 116 cm³/mol. The van der Waals surface area contributed by atoms with Crippen LogP contribution < -0.4 is 4.74 Å². The number of benzene rings is 2. The lowest BCUT2D eigenvalue weighted by molar-refractivity contribution is -0.164. The van der Waals surface area contributed by atoms with Gasteiger partial charge in [0, 0.05) is 13.1 Å². The molecule has 0 unspecified atom stereocenters. The zero-order chi connectivity index (χ0) is 22.2. The highest BCUT2D eigenvalue weighted by atomic mass is 16.6. The van der Waals surface area contributed by atoms with E-state index in [4.69, 9.17) is 14.7 Å². The number of nitriles is 1. The summed E-state index contributed by atoms with van der Waals surface area (Å²) in [5.41, 5.74) is 1.83. The molecule has 0 aromatic heterocycles. The molecule has 2 aromatic rings. The van der Waals surface area contributed by atoms with E-state index in [1.165, 1.54) is 5.56 Å². The van der Waals surface area contributed by atoms with Crippen molar-refractivity contribution in [3.63, 3.8) is 0 Å². The number of carbonyl (C=O) groups excluding carboxylic acids is 2. The molecule has 0 saturated carbocycles. The third-order valence-corrected chi connectivity index (χ3v) is 5.56. The van der Waals surface area contributed by atoms with Gasteiger partial charge in [-0.2, -0.15) is 5.26 Å². The third-order valence-electron chi connectivity index (χ3n) is 5.56. The van der Waals surface area contributed by atoms with Gasteiger partial charge in [-0.25, -0.2) is 4.79 Å². The quantitative estimate of drug-likeness (QED) is 0.638. The Labute approximate surface area is 183 Å². The summed E-state index contributed by atoms with van der Waals surface area (Å²) in [6.45, 7) is 4.53. The molecule has 1 amide bonds. The van der Waals surface area contributed by atoms with Gasteiger partial charge in [0.2, 0.25) is 0 Å². The van der Waals surface area contributed by atoms with E-state index >= 15 is 0 Å². The molecule has 1 saturated heterocycles. The number of likely N-dealkylation sites (tertiary alicyclic amines) is 1. The molecule has 0 radical (unpaired) electrons. The fourth-order valence-electron chi connectivity index (χ4n) is 3.74. The molecule has 1 fully saturated rings.